The molecule has 2 aliphatic carbocycles. The molecule has 0 aliphatic heterocycles. The van der Waals surface area contributed by atoms with Crippen LogP contribution in [0, 0.1) is 5.92 Å². The lowest BCUT2D eigenvalue weighted by Gasteiger charge is -2.54. The molecule has 0 spiro atoms. The molecule has 1 aromatic carbocycles. The lowest BCUT2D eigenvalue weighted by atomic mass is 9.61. The van der Waals surface area contributed by atoms with E-state index in [0.29, 0.717) is 5.92 Å². The van der Waals surface area contributed by atoms with Gasteiger partial charge in [0, 0.05) is 4.90 Å². The van der Waals surface area contributed by atoms with Crippen molar-refractivity contribution in [2.75, 3.05) is 0 Å². The summed E-state index contributed by atoms with van der Waals surface area (Å²) in [5, 5.41) is 10.6. The number of fused-ring (bicyclic) bond motifs is 1. The normalized spacial score (nSPS) is 37.9. The smallest absolute Gasteiger partial charge is 0.0822 e. The van der Waals surface area contributed by atoms with Gasteiger partial charge >= 0.3 is 0 Å². The highest BCUT2D eigenvalue weighted by Gasteiger charge is 2.57. The maximum atomic E-state index is 12.4. The first-order valence-electron chi connectivity index (χ1n) is 6.40. The van der Waals surface area contributed by atoms with Crippen molar-refractivity contribution in [3.8, 4) is 0 Å². The molecule has 1 unspecified atom stereocenters. The van der Waals surface area contributed by atoms with Gasteiger partial charge in [-0.15, -0.1) is 0 Å². The molecule has 0 radical (unpaired) electrons. The second-order valence-electron chi connectivity index (χ2n) is 5.27. The topological polar surface area (TPSA) is 37.3 Å². The van der Waals surface area contributed by atoms with E-state index >= 15 is 0 Å². The molecular formula is C14H18O2S. The van der Waals surface area contributed by atoms with Gasteiger partial charge in [-0.3, -0.25) is 4.21 Å². The van der Waals surface area contributed by atoms with E-state index in [4.69, 9.17) is 0 Å². The Balaban J connectivity index is 1.81. The fraction of sp³-hybridized carbons (Fsp3) is 0.571. The molecule has 2 aliphatic rings. The van der Waals surface area contributed by atoms with Crippen LogP contribution < -0.4 is 0 Å². The summed E-state index contributed by atoms with van der Waals surface area (Å²) in [6.07, 6.45) is 5.17. The van der Waals surface area contributed by atoms with Crippen LogP contribution in [0.15, 0.2) is 35.2 Å². The molecule has 2 nitrogen and oxygen atoms in total. The molecule has 17 heavy (non-hydrogen) atoms. The SMILES string of the molecule is O=S(c1ccccc1)[C@@H]1C[C@@H]2CCCC[C@@]21O. The van der Waals surface area contributed by atoms with E-state index in [0.717, 1.165) is 30.6 Å². The maximum Gasteiger partial charge on any atom is 0.0822 e. The molecule has 2 saturated carbocycles. The zero-order valence-electron chi connectivity index (χ0n) is 9.84. The van der Waals surface area contributed by atoms with Crippen molar-refractivity contribution in [3.63, 3.8) is 0 Å². The fourth-order valence-corrected chi connectivity index (χ4v) is 5.13. The molecule has 3 heteroatoms. The molecule has 0 heterocycles. The summed E-state index contributed by atoms with van der Waals surface area (Å²) in [5.74, 6) is 0.397. The molecule has 2 fully saturated rings. The molecule has 3 rings (SSSR count). The van der Waals surface area contributed by atoms with E-state index in [-0.39, 0.29) is 5.25 Å². The lowest BCUT2D eigenvalue weighted by molar-refractivity contribution is -0.113. The number of rotatable bonds is 2. The highest BCUT2D eigenvalue weighted by atomic mass is 32.2. The van der Waals surface area contributed by atoms with Crippen molar-refractivity contribution in [1.82, 2.24) is 0 Å². The second kappa shape index (κ2) is 4.21. The van der Waals surface area contributed by atoms with Gasteiger partial charge in [-0.1, -0.05) is 31.0 Å². The van der Waals surface area contributed by atoms with Gasteiger partial charge in [0.2, 0.25) is 0 Å². The van der Waals surface area contributed by atoms with Crippen molar-refractivity contribution < 1.29 is 9.32 Å². The van der Waals surface area contributed by atoms with E-state index < -0.39 is 16.4 Å². The Morgan fingerprint density at radius 3 is 2.71 bits per heavy atom. The third-order valence-corrected chi connectivity index (χ3v) is 6.23. The molecule has 0 bridgehead atoms. The molecule has 1 N–H and O–H groups in total. The predicted octanol–water partition coefficient (Wildman–Crippen LogP) is 2.49. The fourth-order valence-electron chi connectivity index (χ4n) is 3.29. The van der Waals surface area contributed by atoms with Crippen molar-refractivity contribution in [3.05, 3.63) is 30.3 Å². The summed E-state index contributed by atoms with van der Waals surface area (Å²) in [6.45, 7) is 0. The van der Waals surface area contributed by atoms with E-state index in [1.54, 1.807) is 0 Å². The maximum absolute atomic E-state index is 12.4. The second-order valence-corrected chi connectivity index (χ2v) is 6.90. The van der Waals surface area contributed by atoms with Crippen LogP contribution in [0.2, 0.25) is 0 Å². The standard InChI is InChI=1S/C14H18O2S/c15-14-9-5-4-6-11(14)10-13(14)17(16)12-7-2-1-3-8-12/h1-3,7-8,11,13,15H,4-6,9-10H2/t11-,13+,14+,17?/m0/s1. The molecular weight excluding hydrogens is 232 g/mol. The minimum Gasteiger partial charge on any atom is -0.388 e. The van der Waals surface area contributed by atoms with Gasteiger partial charge in [0.15, 0.2) is 0 Å². The van der Waals surface area contributed by atoms with Crippen molar-refractivity contribution in [1.29, 1.82) is 0 Å². The van der Waals surface area contributed by atoms with Crippen molar-refractivity contribution in [2.24, 2.45) is 5.92 Å². The largest absolute Gasteiger partial charge is 0.388 e. The van der Waals surface area contributed by atoms with Crippen LogP contribution in [0.25, 0.3) is 0 Å². The van der Waals surface area contributed by atoms with Crippen LogP contribution in [-0.4, -0.2) is 20.2 Å². The molecule has 0 saturated heterocycles. The number of benzene rings is 1. The minimum atomic E-state index is -1.05. The summed E-state index contributed by atoms with van der Waals surface area (Å²) >= 11 is 0. The van der Waals surface area contributed by atoms with Gasteiger partial charge in [-0.25, -0.2) is 0 Å². The van der Waals surface area contributed by atoms with Crippen molar-refractivity contribution >= 4 is 10.8 Å². The minimum absolute atomic E-state index is 0.0461. The number of hydrogen-bond donors (Lipinski definition) is 1. The van der Waals surface area contributed by atoms with Gasteiger partial charge in [0.05, 0.1) is 21.7 Å². The summed E-state index contributed by atoms with van der Waals surface area (Å²) in [6, 6.07) is 9.55. The molecule has 1 aromatic rings. The summed E-state index contributed by atoms with van der Waals surface area (Å²) in [7, 11) is -1.05. The first-order valence-corrected chi connectivity index (χ1v) is 7.61. The average molecular weight is 250 g/mol. The Labute approximate surface area is 105 Å². The number of aliphatic hydroxyl groups is 1. The van der Waals surface area contributed by atoms with Gasteiger partial charge in [-0.05, 0) is 37.3 Å². The molecule has 0 aromatic heterocycles. The summed E-state index contributed by atoms with van der Waals surface area (Å²) in [4.78, 5) is 0.856. The van der Waals surface area contributed by atoms with E-state index in [1.165, 1.54) is 6.42 Å². The van der Waals surface area contributed by atoms with E-state index in [9.17, 15) is 9.32 Å². The molecule has 92 valence electrons. The lowest BCUT2D eigenvalue weighted by Crippen LogP contribution is -2.62. The monoisotopic (exact) mass is 250 g/mol. The Morgan fingerprint density at radius 2 is 2.00 bits per heavy atom. The van der Waals surface area contributed by atoms with Gasteiger partial charge in [0.1, 0.15) is 0 Å². The van der Waals surface area contributed by atoms with Crippen LogP contribution in [0.1, 0.15) is 32.1 Å². The van der Waals surface area contributed by atoms with Gasteiger partial charge in [0.25, 0.3) is 0 Å². The first-order chi connectivity index (χ1) is 8.22. The van der Waals surface area contributed by atoms with E-state index in [1.807, 2.05) is 30.3 Å². The highest BCUT2D eigenvalue weighted by Crippen LogP contribution is 2.51. The Kier molecular flexibility index (Phi) is 2.83. The molecule has 0 amide bonds. The molecule has 4 atom stereocenters. The van der Waals surface area contributed by atoms with Crippen LogP contribution in [0.4, 0.5) is 0 Å². The van der Waals surface area contributed by atoms with Crippen LogP contribution in [0.3, 0.4) is 0 Å². The Hall–Kier alpha value is -0.670. The van der Waals surface area contributed by atoms with Gasteiger partial charge in [-0.2, -0.15) is 0 Å². The highest BCUT2D eigenvalue weighted by molar-refractivity contribution is 7.85. The van der Waals surface area contributed by atoms with E-state index in [2.05, 4.69) is 0 Å². The number of hydrogen-bond acceptors (Lipinski definition) is 2. The van der Waals surface area contributed by atoms with Gasteiger partial charge < -0.3 is 5.11 Å². The van der Waals surface area contributed by atoms with Crippen LogP contribution in [0.5, 0.6) is 0 Å². The first kappa shape index (κ1) is 11.4. The zero-order valence-corrected chi connectivity index (χ0v) is 10.7. The average Bonchev–Trinajstić information content (AvgIpc) is 2.36. The summed E-state index contributed by atoms with van der Waals surface area (Å²) < 4.78 is 12.4. The predicted molar refractivity (Wildman–Crippen MR) is 68.2 cm³/mol. The van der Waals surface area contributed by atoms with Crippen LogP contribution in [-0.2, 0) is 10.8 Å². The quantitative estimate of drug-likeness (QED) is 0.875. The third kappa shape index (κ3) is 1.76. The summed E-state index contributed by atoms with van der Waals surface area (Å²) in [5.41, 5.74) is -0.640. The zero-order chi connectivity index (χ0) is 11.9. The van der Waals surface area contributed by atoms with Crippen molar-refractivity contribution in [2.45, 2.75) is 47.9 Å². The Bertz CT molecular complexity index is 431. The third-order valence-electron chi connectivity index (χ3n) is 4.38. The Morgan fingerprint density at radius 1 is 1.24 bits per heavy atom. The van der Waals surface area contributed by atoms with Crippen LogP contribution >= 0.6 is 0 Å².